The lowest BCUT2D eigenvalue weighted by molar-refractivity contribution is 0.418. The fraction of sp³-hybridized carbons (Fsp3) is 0.214. The van der Waals surface area contributed by atoms with Gasteiger partial charge in [0.2, 0.25) is 0 Å². The van der Waals surface area contributed by atoms with E-state index in [4.69, 9.17) is 5.84 Å². The monoisotopic (exact) mass is 225 g/mol. The van der Waals surface area contributed by atoms with E-state index in [9.17, 15) is 0 Å². The van der Waals surface area contributed by atoms with Gasteiger partial charge in [-0.15, -0.1) is 0 Å². The molecule has 0 saturated heterocycles. The number of nitrogens with two attached hydrogens (primary N) is 1. The van der Waals surface area contributed by atoms with Crippen LogP contribution in [0.5, 0.6) is 0 Å². The molecule has 3 heteroatoms. The van der Waals surface area contributed by atoms with E-state index in [2.05, 4.69) is 40.7 Å². The second-order valence-electron chi connectivity index (χ2n) is 4.44. The first-order valence-electron chi connectivity index (χ1n) is 5.84. The number of fused-ring (bicyclic) bond motifs is 1. The maximum Gasteiger partial charge on any atom is 0.0546 e. The molecule has 1 aromatic heterocycles. The van der Waals surface area contributed by atoms with Gasteiger partial charge in [-0.3, -0.25) is 16.3 Å². The fourth-order valence-corrected chi connectivity index (χ4v) is 2.60. The Labute approximate surface area is 101 Å². The summed E-state index contributed by atoms with van der Waals surface area (Å²) in [4.78, 5) is 4.15. The van der Waals surface area contributed by atoms with Crippen LogP contribution in [0.2, 0.25) is 0 Å². The third-order valence-electron chi connectivity index (χ3n) is 3.52. The molecule has 1 heterocycles. The molecular formula is C14H15N3. The molecule has 0 aliphatic heterocycles. The minimum atomic E-state index is 0.151. The fourth-order valence-electron chi connectivity index (χ4n) is 2.60. The molecule has 1 aliphatic rings. The number of nitrogens with zero attached hydrogens (tertiary/aromatic N) is 1. The van der Waals surface area contributed by atoms with Gasteiger partial charge in [0.25, 0.3) is 0 Å². The molecule has 1 aliphatic carbocycles. The third-order valence-corrected chi connectivity index (χ3v) is 3.52. The molecule has 0 bridgehead atoms. The van der Waals surface area contributed by atoms with Gasteiger partial charge in [-0.1, -0.05) is 30.3 Å². The highest BCUT2D eigenvalue weighted by Gasteiger charge is 2.32. The first kappa shape index (κ1) is 10.4. The molecule has 3 nitrogen and oxygen atoms in total. The average Bonchev–Trinajstić information content (AvgIpc) is 2.37. The van der Waals surface area contributed by atoms with Crippen molar-refractivity contribution in [2.24, 2.45) is 5.84 Å². The van der Waals surface area contributed by atoms with E-state index in [0.717, 1.165) is 12.0 Å². The number of hydrazine groups is 1. The van der Waals surface area contributed by atoms with Gasteiger partial charge in [-0.05, 0) is 29.2 Å². The number of rotatable bonds is 3. The number of pyridine rings is 1. The Morgan fingerprint density at radius 2 is 2.12 bits per heavy atom. The summed E-state index contributed by atoms with van der Waals surface area (Å²) in [6, 6.07) is 12.7. The average molecular weight is 225 g/mol. The van der Waals surface area contributed by atoms with Crippen molar-refractivity contribution in [1.82, 2.24) is 10.4 Å². The molecular weight excluding hydrogens is 210 g/mol. The number of benzene rings is 1. The lowest BCUT2D eigenvalue weighted by Gasteiger charge is -2.36. The highest BCUT2D eigenvalue weighted by molar-refractivity contribution is 5.42. The normalized spacial score (nSPS) is 19.2. The van der Waals surface area contributed by atoms with Gasteiger partial charge in [0.1, 0.15) is 0 Å². The van der Waals surface area contributed by atoms with Crippen LogP contribution in [0.15, 0.2) is 48.8 Å². The van der Waals surface area contributed by atoms with Crippen molar-refractivity contribution >= 4 is 0 Å². The van der Waals surface area contributed by atoms with Gasteiger partial charge in [-0.25, -0.2) is 0 Å². The molecule has 3 N–H and O–H groups in total. The molecule has 86 valence electrons. The summed E-state index contributed by atoms with van der Waals surface area (Å²) in [5.41, 5.74) is 6.90. The van der Waals surface area contributed by atoms with Gasteiger partial charge in [-0.2, -0.15) is 0 Å². The van der Waals surface area contributed by atoms with E-state index in [-0.39, 0.29) is 6.04 Å². The van der Waals surface area contributed by atoms with E-state index < -0.39 is 0 Å². The second kappa shape index (κ2) is 4.28. The predicted octanol–water partition coefficient (Wildman–Crippen LogP) is 1.93. The van der Waals surface area contributed by atoms with Crippen LogP contribution in [0, 0.1) is 0 Å². The zero-order valence-electron chi connectivity index (χ0n) is 9.51. The predicted molar refractivity (Wildman–Crippen MR) is 67.2 cm³/mol. The SMILES string of the molecule is NNC(c1cccnc1)C1Cc2ccccc21. The molecule has 0 radical (unpaired) electrons. The van der Waals surface area contributed by atoms with Gasteiger partial charge in [0, 0.05) is 18.3 Å². The van der Waals surface area contributed by atoms with Crippen LogP contribution in [0.1, 0.15) is 28.7 Å². The highest BCUT2D eigenvalue weighted by atomic mass is 15.2. The van der Waals surface area contributed by atoms with E-state index in [1.807, 2.05) is 12.3 Å². The van der Waals surface area contributed by atoms with E-state index in [0.29, 0.717) is 5.92 Å². The molecule has 0 spiro atoms. The van der Waals surface area contributed by atoms with Crippen molar-refractivity contribution in [3.05, 3.63) is 65.5 Å². The van der Waals surface area contributed by atoms with Gasteiger partial charge in [0.15, 0.2) is 0 Å². The molecule has 0 saturated carbocycles. The van der Waals surface area contributed by atoms with E-state index >= 15 is 0 Å². The van der Waals surface area contributed by atoms with Crippen LogP contribution in [0.25, 0.3) is 0 Å². The van der Waals surface area contributed by atoms with Crippen LogP contribution in [0.3, 0.4) is 0 Å². The Morgan fingerprint density at radius 3 is 2.82 bits per heavy atom. The number of aromatic nitrogens is 1. The summed E-state index contributed by atoms with van der Waals surface area (Å²) in [5, 5.41) is 0. The van der Waals surface area contributed by atoms with Crippen molar-refractivity contribution in [2.45, 2.75) is 18.4 Å². The van der Waals surface area contributed by atoms with Crippen molar-refractivity contribution in [3.63, 3.8) is 0 Å². The summed E-state index contributed by atoms with van der Waals surface area (Å²) in [6.45, 7) is 0. The lowest BCUT2D eigenvalue weighted by atomic mass is 9.72. The standard InChI is InChI=1S/C14H15N3/c15-17-14(11-5-3-7-16-9-11)13-8-10-4-1-2-6-12(10)13/h1-7,9,13-14,17H,8,15H2. The third kappa shape index (κ3) is 1.73. The van der Waals surface area contributed by atoms with Crippen molar-refractivity contribution < 1.29 is 0 Å². The van der Waals surface area contributed by atoms with Crippen molar-refractivity contribution in [3.8, 4) is 0 Å². The molecule has 2 atom stereocenters. The maximum absolute atomic E-state index is 5.69. The van der Waals surface area contributed by atoms with E-state index in [1.54, 1.807) is 6.20 Å². The maximum atomic E-state index is 5.69. The molecule has 1 aromatic carbocycles. The quantitative estimate of drug-likeness (QED) is 0.620. The molecule has 0 amide bonds. The van der Waals surface area contributed by atoms with Gasteiger partial charge < -0.3 is 0 Å². The number of nitrogens with one attached hydrogen (secondary N) is 1. The molecule has 2 unspecified atom stereocenters. The largest absolute Gasteiger partial charge is 0.271 e. The zero-order valence-corrected chi connectivity index (χ0v) is 9.51. The Kier molecular flexibility index (Phi) is 2.63. The Hall–Kier alpha value is -1.71. The van der Waals surface area contributed by atoms with Crippen LogP contribution >= 0.6 is 0 Å². The topological polar surface area (TPSA) is 50.9 Å². The minimum Gasteiger partial charge on any atom is -0.271 e. The molecule has 0 fully saturated rings. The summed E-state index contributed by atoms with van der Waals surface area (Å²) in [6.07, 6.45) is 4.75. The summed E-state index contributed by atoms with van der Waals surface area (Å²) >= 11 is 0. The van der Waals surface area contributed by atoms with Crippen LogP contribution in [-0.2, 0) is 6.42 Å². The second-order valence-corrected chi connectivity index (χ2v) is 4.44. The zero-order chi connectivity index (χ0) is 11.7. The molecule has 17 heavy (non-hydrogen) atoms. The lowest BCUT2D eigenvalue weighted by Crippen LogP contribution is -2.37. The van der Waals surface area contributed by atoms with Gasteiger partial charge in [0.05, 0.1) is 6.04 Å². The van der Waals surface area contributed by atoms with Crippen LogP contribution < -0.4 is 11.3 Å². The number of hydrogen-bond donors (Lipinski definition) is 2. The molecule has 3 rings (SSSR count). The van der Waals surface area contributed by atoms with Gasteiger partial charge >= 0.3 is 0 Å². The first-order chi connectivity index (χ1) is 8.40. The summed E-state index contributed by atoms with van der Waals surface area (Å²) in [7, 11) is 0. The Bertz CT molecular complexity index is 510. The Balaban J connectivity index is 1.90. The van der Waals surface area contributed by atoms with Crippen LogP contribution in [0.4, 0.5) is 0 Å². The molecule has 2 aromatic rings. The van der Waals surface area contributed by atoms with E-state index in [1.165, 1.54) is 11.1 Å². The summed E-state index contributed by atoms with van der Waals surface area (Å²) in [5.74, 6) is 6.15. The van der Waals surface area contributed by atoms with Crippen LogP contribution in [-0.4, -0.2) is 4.98 Å². The highest BCUT2D eigenvalue weighted by Crippen LogP contribution is 2.42. The Morgan fingerprint density at radius 1 is 1.24 bits per heavy atom. The summed E-state index contributed by atoms with van der Waals surface area (Å²) < 4.78 is 0. The first-order valence-corrected chi connectivity index (χ1v) is 5.84. The van der Waals surface area contributed by atoms with Crippen molar-refractivity contribution in [1.29, 1.82) is 0 Å². The minimum absolute atomic E-state index is 0.151. The smallest absolute Gasteiger partial charge is 0.0546 e. The van der Waals surface area contributed by atoms with Crippen molar-refractivity contribution in [2.75, 3.05) is 0 Å². The number of hydrogen-bond acceptors (Lipinski definition) is 3.